The van der Waals surface area contributed by atoms with E-state index in [4.69, 9.17) is 5.11 Å². The zero-order valence-electron chi connectivity index (χ0n) is 10.3. The van der Waals surface area contributed by atoms with Gasteiger partial charge in [-0.2, -0.15) is 0 Å². The summed E-state index contributed by atoms with van der Waals surface area (Å²) in [5, 5.41) is 13.2. The lowest BCUT2D eigenvalue weighted by molar-refractivity contribution is -0.119. The van der Waals surface area contributed by atoms with Gasteiger partial charge in [-0.1, -0.05) is 11.8 Å². The van der Waals surface area contributed by atoms with E-state index in [0.29, 0.717) is 5.56 Å². The van der Waals surface area contributed by atoms with Gasteiger partial charge in [-0.3, -0.25) is 9.59 Å². The van der Waals surface area contributed by atoms with Crippen molar-refractivity contribution in [2.24, 2.45) is 0 Å². The highest BCUT2D eigenvalue weighted by atomic mass is 19.1. The van der Waals surface area contributed by atoms with Crippen LogP contribution in [0, 0.1) is 17.7 Å². The first kappa shape index (κ1) is 14.7. The molecule has 6 heteroatoms. The average Bonchev–Trinajstić information content (AvgIpc) is 2.43. The lowest BCUT2D eigenvalue weighted by Crippen LogP contribution is -2.35. The van der Waals surface area contributed by atoms with Gasteiger partial charge in [-0.15, -0.1) is 0 Å². The third kappa shape index (κ3) is 4.41. The number of nitrogens with one attached hydrogen (secondary N) is 2. The van der Waals surface area contributed by atoms with E-state index in [1.807, 2.05) is 0 Å². The van der Waals surface area contributed by atoms with Crippen molar-refractivity contribution >= 4 is 11.8 Å². The number of carbonyl (C=O) groups excluding carboxylic acids is 2. The van der Waals surface area contributed by atoms with Crippen molar-refractivity contribution in [2.75, 3.05) is 20.2 Å². The summed E-state index contributed by atoms with van der Waals surface area (Å²) in [4.78, 5) is 22.7. The van der Waals surface area contributed by atoms with Gasteiger partial charge in [-0.25, -0.2) is 4.39 Å². The Kier molecular flexibility index (Phi) is 5.51. The molecule has 0 unspecified atom stereocenters. The van der Waals surface area contributed by atoms with Crippen LogP contribution in [0.3, 0.4) is 0 Å². The number of hydrogen-bond acceptors (Lipinski definition) is 3. The van der Waals surface area contributed by atoms with Crippen molar-refractivity contribution in [1.29, 1.82) is 0 Å². The molecule has 0 atom stereocenters. The minimum absolute atomic E-state index is 0.200. The van der Waals surface area contributed by atoms with Gasteiger partial charge in [0.2, 0.25) is 5.91 Å². The number of halogens is 1. The van der Waals surface area contributed by atoms with E-state index in [9.17, 15) is 14.0 Å². The Morgan fingerprint density at radius 3 is 2.79 bits per heavy atom. The van der Waals surface area contributed by atoms with Crippen molar-refractivity contribution < 1.29 is 19.1 Å². The molecule has 0 saturated carbocycles. The van der Waals surface area contributed by atoms with E-state index in [1.54, 1.807) is 0 Å². The van der Waals surface area contributed by atoms with Crippen LogP contribution < -0.4 is 10.6 Å². The maximum atomic E-state index is 13.5. The predicted molar refractivity (Wildman–Crippen MR) is 66.8 cm³/mol. The number of amides is 2. The Bertz CT molecular complexity index is 547. The fraction of sp³-hybridized carbons (Fsp3) is 0.231. The van der Waals surface area contributed by atoms with Crippen molar-refractivity contribution in [3.8, 4) is 11.8 Å². The largest absolute Gasteiger partial charge is 0.384 e. The fourth-order valence-corrected chi connectivity index (χ4v) is 1.26. The van der Waals surface area contributed by atoms with Crippen LogP contribution in [-0.4, -0.2) is 37.1 Å². The maximum Gasteiger partial charge on any atom is 0.254 e. The zero-order valence-corrected chi connectivity index (χ0v) is 10.3. The highest BCUT2D eigenvalue weighted by Gasteiger charge is 2.12. The quantitative estimate of drug-likeness (QED) is 0.653. The Balaban J connectivity index is 2.86. The second-order valence-corrected chi connectivity index (χ2v) is 3.51. The minimum Gasteiger partial charge on any atom is -0.384 e. The van der Waals surface area contributed by atoms with Crippen molar-refractivity contribution in [3.63, 3.8) is 0 Å². The molecule has 0 aliphatic rings. The molecule has 0 saturated heterocycles. The molecule has 1 aromatic carbocycles. The molecule has 0 fully saturated rings. The summed E-state index contributed by atoms with van der Waals surface area (Å²) in [6.45, 7) is -0.559. The lowest BCUT2D eigenvalue weighted by Gasteiger charge is -2.05. The summed E-state index contributed by atoms with van der Waals surface area (Å²) in [6, 6.07) is 3.76. The van der Waals surface area contributed by atoms with Crippen LogP contribution in [0.15, 0.2) is 18.2 Å². The van der Waals surface area contributed by atoms with Gasteiger partial charge in [-0.05, 0) is 18.2 Å². The van der Waals surface area contributed by atoms with E-state index >= 15 is 0 Å². The highest BCUT2D eigenvalue weighted by Crippen LogP contribution is 2.09. The van der Waals surface area contributed by atoms with Gasteiger partial charge in [0.1, 0.15) is 12.4 Å². The molecule has 19 heavy (non-hydrogen) atoms. The normalized spacial score (nSPS) is 9.21. The molecule has 0 bridgehead atoms. The number of aliphatic hydroxyl groups excluding tert-OH is 1. The second-order valence-electron chi connectivity index (χ2n) is 3.51. The Morgan fingerprint density at radius 1 is 1.42 bits per heavy atom. The smallest absolute Gasteiger partial charge is 0.254 e. The average molecular weight is 264 g/mol. The monoisotopic (exact) mass is 264 g/mol. The molecular weight excluding hydrogens is 251 g/mol. The zero-order chi connectivity index (χ0) is 14.3. The van der Waals surface area contributed by atoms with Crippen LogP contribution >= 0.6 is 0 Å². The van der Waals surface area contributed by atoms with Crippen LogP contribution in [0.4, 0.5) is 4.39 Å². The first-order valence-electron chi connectivity index (χ1n) is 5.46. The van der Waals surface area contributed by atoms with Gasteiger partial charge >= 0.3 is 0 Å². The van der Waals surface area contributed by atoms with Crippen LogP contribution in [-0.2, 0) is 4.79 Å². The van der Waals surface area contributed by atoms with Crippen molar-refractivity contribution in [1.82, 2.24) is 10.6 Å². The molecule has 2 amide bonds. The number of rotatable bonds is 3. The van der Waals surface area contributed by atoms with Crippen LogP contribution in [0.25, 0.3) is 0 Å². The Hall–Kier alpha value is -2.39. The van der Waals surface area contributed by atoms with Crippen LogP contribution in [0.1, 0.15) is 15.9 Å². The number of hydrogen-bond donors (Lipinski definition) is 3. The molecule has 0 aliphatic heterocycles. The summed E-state index contributed by atoms with van der Waals surface area (Å²) in [5.41, 5.74) is 0.203. The molecule has 1 rings (SSSR count). The number of likely N-dealkylation sites (N-methyl/N-ethyl adjacent to an activating group) is 1. The van der Waals surface area contributed by atoms with E-state index in [1.165, 1.54) is 19.2 Å². The summed E-state index contributed by atoms with van der Waals surface area (Å²) in [5.74, 6) is 3.17. The van der Waals surface area contributed by atoms with Gasteiger partial charge in [0.05, 0.1) is 12.1 Å². The summed E-state index contributed by atoms with van der Waals surface area (Å²) >= 11 is 0. The van der Waals surface area contributed by atoms with E-state index in [0.717, 1.165) is 6.07 Å². The standard InChI is InChI=1S/C13H13FN2O3/c1-15-12(18)8-16-13(19)10-7-9(3-2-6-17)4-5-11(10)14/h4-5,7,17H,6,8H2,1H3,(H,15,18)(H,16,19). The molecule has 0 radical (unpaired) electrons. The summed E-state index contributed by atoms with van der Waals surface area (Å²) in [6.07, 6.45) is 0. The summed E-state index contributed by atoms with van der Waals surface area (Å²) in [7, 11) is 1.43. The van der Waals surface area contributed by atoms with Gasteiger partial charge in [0, 0.05) is 12.6 Å². The second kappa shape index (κ2) is 7.13. The van der Waals surface area contributed by atoms with Crippen molar-refractivity contribution in [2.45, 2.75) is 0 Å². The fourth-order valence-electron chi connectivity index (χ4n) is 1.26. The molecule has 3 N–H and O–H groups in total. The third-order valence-electron chi connectivity index (χ3n) is 2.21. The number of carbonyl (C=O) groups is 2. The third-order valence-corrected chi connectivity index (χ3v) is 2.21. The molecule has 1 aromatic rings. The molecule has 0 aromatic heterocycles. The Morgan fingerprint density at radius 2 is 2.16 bits per heavy atom. The predicted octanol–water partition coefficient (Wildman–Crippen LogP) is -0.355. The van der Waals surface area contributed by atoms with Gasteiger partial charge in [0.15, 0.2) is 0 Å². The molecule has 0 heterocycles. The number of aliphatic hydroxyl groups is 1. The Labute approximate surface area is 109 Å². The molecular formula is C13H13FN2O3. The highest BCUT2D eigenvalue weighted by molar-refractivity contribution is 5.96. The topological polar surface area (TPSA) is 78.4 Å². The van der Waals surface area contributed by atoms with E-state index < -0.39 is 11.7 Å². The first-order valence-corrected chi connectivity index (χ1v) is 5.46. The molecule has 100 valence electrons. The first-order chi connectivity index (χ1) is 9.08. The van der Waals surface area contributed by atoms with Gasteiger partial charge < -0.3 is 15.7 Å². The van der Waals surface area contributed by atoms with Crippen LogP contribution in [0.5, 0.6) is 0 Å². The summed E-state index contributed by atoms with van der Waals surface area (Å²) < 4.78 is 13.5. The molecule has 0 aliphatic carbocycles. The van der Waals surface area contributed by atoms with Gasteiger partial charge in [0.25, 0.3) is 5.91 Å². The minimum atomic E-state index is -0.705. The molecule has 0 spiro atoms. The van der Waals surface area contributed by atoms with Crippen LogP contribution in [0.2, 0.25) is 0 Å². The maximum absolute atomic E-state index is 13.5. The number of benzene rings is 1. The van der Waals surface area contributed by atoms with Crippen molar-refractivity contribution in [3.05, 3.63) is 35.1 Å². The SMILES string of the molecule is CNC(=O)CNC(=O)c1cc(C#CCO)ccc1F. The van der Waals surface area contributed by atoms with E-state index in [-0.39, 0.29) is 24.6 Å². The van der Waals surface area contributed by atoms with E-state index in [2.05, 4.69) is 22.5 Å². The molecule has 5 nitrogen and oxygen atoms in total. The lowest BCUT2D eigenvalue weighted by atomic mass is 10.1.